The van der Waals surface area contributed by atoms with Crippen molar-refractivity contribution in [1.29, 1.82) is 0 Å². The molecule has 0 aliphatic rings. The van der Waals surface area contributed by atoms with E-state index in [2.05, 4.69) is 4.90 Å². The Morgan fingerprint density at radius 1 is 1.38 bits per heavy atom. The number of primary amides is 1. The summed E-state index contributed by atoms with van der Waals surface area (Å²) >= 11 is 0. The maximum absolute atomic E-state index is 10.8. The second-order valence-electron chi connectivity index (χ2n) is 4.04. The lowest BCUT2D eigenvalue weighted by molar-refractivity contribution is -0.122. The fraction of sp³-hybridized carbons (Fsp3) is 0.889. The predicted octanol–water partition coefficient (Wildman–Crippen LogP) is -0.0790. The third-order valence-electron chi connectivity index (χ3n) is 2.11. The monoisotopic (exact) mass is 187 g/mol. The zero-order valence-electron chi connectivity index (χ0n) is 8.84. The van der Waals surface area contributed by atoms with Gasteiger partial charge in [-0.25, -0.2) is 0 Å². The molecule has 4 nitrogen and oxygen atoms in total. The van der Waals surface area contributed by atoms with Crippen LogP contribution >= 0.6 is 0 Å². The van der Waals surface area contributed by atoms with Gasteiger partial charge in [-0.3, -0.25) is 4.79 Å². The predicted molar refractivity (Wildman–Crippen MR) is 54.2 cm³/mol. The van der Waals surface area contributed by atoms with Crippen molar-refractivity contribution >= 4 is 5.91 Å². The van der Waals surface area contributed by atoms with E-state index in [1.807, 2.05) is 14.1 Å². The van der Waals surface area contributed by atoms with Crippen molar-refractivity contribution in [2.24, 2.45) is 11.5 Å². The van der Waals surface area contributed by atoms with Gasteiger partial charge in [0.25, 0.3) is 0 Å². The first-order chi connectivity index (χ1) is 5.86. The fourth-order valence-corrected chi connectivity index (χ4v) is 1.04. The van der Waals surface area contributed by atoms with Crippen LogP contribution in [0.2, 0.25) is 0 Å². The average molecular weight is 187 g/mol. The van der Waals surface area contributed by atoms with Crippen LogP contribution in [0.15, 0.2) is 0 Å². The smallest absolute Gasteiger partial charge is 0.237 e. The van der Waals surface area contributed by atoms with E-state index in [-0.39, 0.29) is 0 Å². The number of amides is 1. The SMILES string of the molecule is CN(C)CCCCC(C)(N)C(N)=O. The Labute approximate surface area is 80.3 Å². The van der Waals surface area contributed by atoms with Crippen LogP contribution in [-0.4, -0.2) is 37.0 Å². The summed E-state index contributed by atoms with van der Waals surface area (Å²) in [4.78, 5) is 12.9. The van der Waals surface area contributed by atoms with Crippen LogP contribution in [0.1, 0.15) is 26.2 Å². The van der Waals surface area contributed by atoms with Crippen LogP contribution in [-0.2, 0) is 4.79 Å². The van der Waals surface area contributed by atoms with Crippen LogP contribution in [0, 0.1) is 0 Å². The molecule has 0 aromatic carbocycles. The number of unbranched alkanes of at least 4 members (excludes halogenated alkanes) is 1. The summed E-state index contributed by atoms with van der Waals surface area (Å²) in [6, 6.07) is 0. The Balaban J connectivity index is 3.58. The second-order valence-corrected chi connectivity index (χ2v) is 4.04. The van der Waals surface area contributed by atoms with E-state index >= 15 is 0 Å². The molecule has 0 radical (unpaired) electrons. The number of rotatable bonds is 6. The summed E-state index contributed by atoms with van der Waals surface area (Å²) in [5.74, 6) is -0.419. The first-order valence-electron chi connectivity index (χ1n) is 4.60. The number of nitrogens with zero attached hydrogens (tertiary/aromatic N) is 1. The minimum absolute atomic E-state index is 0.419. The molecular formula is C9H21N3O. The van der Waals surface area contributed by atoms with Gasteiger partial charge in [0.05, 0.1) is 5.54 Å². The Bertz CT molecular complexity index is 166. The van der Waals surface area contributed by atoms with Crippen molar-refractivity contribution in [2.45, 2.75) is 31.7 Å². The molecule has 4 heteroatoms. The third-order valence-corrected chi connectivity index (χ3v) is 2.11. The molecule has 0 aliphatic heterocycles. The van der Waals surface area contributed by atoms with Gasteiger partial charge in [-0.05, 0) is 46.8 Å². The molecule has 0 aromatic heterocycles. The highest BCUT2D eigenvalue weighted by atomic mass is 16.1. The molecule has 0 aliphatic carbocycles. The zero-order valence-corrected chi connectivity index (χ0v) is 8.84. The maximum atomic E-state index is 10.8. The molecule has 1 amide bonds. The third kappa shape index (κ3) is 5.60. The topological polar surface area (TPSA) is 72.3 Å². The Kier molecular flexibility index (Phi) is 4.95. The summed E-state index contributed by atoms with van der Waals surface area (Å²) in [7, 11) is 4.05. The standard InChI is InChI=1S/C9H21N3O/c1-9(11,8(10)13)6-4-5-7-12(2)3/h4-7,11H2,1-3H3,(H2,10,13). The molecule has 0 rings (SSSR count). The fourth-order valence-electron chi connectivity index (χ4n) is 1.04. The molecule has 1 atom stereocenters. The molecule has 0 fully saturated rings. The van der Waals surface area contributed by atoms with E-state index < -0.39 is 11.4 Å². The van der Waals surface area contributed by atoms with Gasteiger partial charge in [-0.1, -0.05) is 0 Å². The van der Waals surface area contributed by atoms with Crippen LogP contribution in [0.3, 0.4) is 0 Å². The number of carbonyl (C=O) groups is 1. The minimum Gasteiger partial charge on any atom is -0.368 e. The van der Waals surface area contributed by atoms with E-state index in [9.17, 15) is 4.79 Å². The first-order valence-corrected chi connectivity index (χ1v) is 4.60. The number of hydrogen-bond donors (Lipinski definition) is 2. The van der Waals surface area contributed by atoms with Gasteiger partial charge in [0, 0.05) is 0 Å². The minimum atomic E-state index is -0.841. The van der Waals surface area contributed by atoms with Gasteiger partial charge in [-0.15, -0.1) is 0 Å². The summed E-state index contributed by atoms with van der Waals surface area (Å²) in [5, 5.41) is 0. The van der Waals surface area contributed by atoms with Crippen molar-refractivity contribution in [1.82, 2.24) is 4.90 Å². The van der Waals surface area contributed by atoms with Gasteiger partial charge in [0.1, 0.15) is 0 Å². The molecular weight excluding hydrogens is 166 g/mol. The second kappa shape index (κ2) is 5.19. The molecule has 0 bridgehead atoms. The van der Waals surface area contributed by atoms with Crippen molar-refractivity contribution in [2.75, 3.05) is 20.6 Å². The van der Waals surface area contributed by atoms with Gasteiger partial charge < -0.3 is 16.4 Å². The quantitative estimate of drug-likeness (QED) is 0.571. The van der Waals surface area contributed by atoms with E-state index in [4.69, 9.17) is 11.5 Å². The lowest BCUT2D eigenvalue weighted by atomic mass is 9.95. The van der Waals surface area contributed by atoms with Crippen LogP contribution < -0.4 is 11.5 Å². The van der Waals surface area contributed by atoms with Crippen molar-refractivity contribution in [3.63, 3.8) is 0 Å². The van der Waals surface area contributed by atoms with Crippen molar-refractivity contribution < 1.29 is 4.79 Å². The zero-order chi connectivity index (χ0) is 10.5. The summed E-state index contributed by atoms with van der Waals surface area (Å²) in [5.41, 5.74) is 9.99. The van der Waals surface area contributed by atoms with Gasteiger partial charge in [-0.2, -0.15) is 0 Å². The Hall–Kier alpha value is -0.610. The van der Waals surface area contributed by atoms with Crippen molar-refractivity contribution in [3.05, 3.63) is 0 Å². The van der Waals surface area contributed by atoms with Crippen LogP contribution in [0.4, 0.5) is 0 Å². The van der Waals surface area contributed by atoms with Crippen molar-refractivity contribution in [3.8, 4) is 0 Å². The molecule has 4 N–H and O–H groups in total. The van der Waals surface area contributed by atoms with Gasteiger partial charge in [0.15, 0.2) is 0 Å². The number of nitrogens with two attached hydrogens (primary N) is 2. The van der Waals surface area contributed by atoms with E-state index in [1.54, 1.807) is 6.92 Å². The van der Waals surface area contributed by atoms with Gasteiger partial charge >= 0.3 is 0 Å². The molecule has 0 saturated heterocycles. The first kappa shape index (κ1) is 12.4. The molecule has 0 heterocycles. The van der Waals surface area contributed by atoms with Gasteiger partial charge in [0.2, 0.25) is 5.91 Å². The molecule has 13 heavy (non-hydrogen) atoms. The largest absolute Gasteiger partial charge is 0.368 e. The highest BCUT2D eigenvalue weighted by Crippen LogP contribution is 2.09. The summed E-state index contributed by atoms with van der Waals surface area (Å²) in [6.07, 6.45) is 2.65. The number of carbonyl (C=O) groups excluding carboxylic acids is 1. The van der Waals surface area contributed by atoms with E-state index in [0.29, 0.717) is 6.42 Å². The maximum Gasteiger partial charge on any atom is 0.237 e. The lowest BCUT2D eigenvalue weighted by Gasteiger charge is -2.20. The Morgan fingerprint density at radius 2 is 1.92 bits per heavy atom. The molecule has 0 aromatic rings. The highest BCUT2D eigenvalue weighted by Gasteiger charge is 2.24. The molecule has 0 spiro atoms. The normalized spacial score (nSPS) is 15.8. The summed E-state index contributed by atoms with van der Waals surface area (Å²) in [6.45, 7) is 2.71. The highest BCUT2D eigenvalue weighted by molar-refractivity contribution is 5.83. The lowest BCUT2D eigenvalue weighted by Crippen LogP contribution is -2.49. The van der Waals surface area contributed by atoms with Crippen LogP contribution in [0.5, 0.6) is 0 Å². The Morgan fingerprint density at radius 3 is 2.31 bits per heavy atom. The number of hydrogen-bond acceptors (Lipinski definition) is 3. The molecule has 1 unspecified atom stereocenters. The van der Waals surface area contributed by atoms with E-state index in [1.165, 1.54) is 0 Å². The average Bonchev–Trinajstić information content (AvgIpc) is 1.97. The molecule has 78 valence electrons. The van der Waals surface area contributed by atoms with Crippen LogP contribution in [0.25, 0.3) is 0 Å². The molecule has 0 saturated carbocycles. The van der Waals surface area contributed by atoms with E-state index in [0.717, 1.165) is 19.4 Å². The summed E-state index contributed by atoms with van der Waals surface area (Å²) < 4.78 is 0.